The van der Waals surface area contributed by atoms with Gasteiger partial charge in [-0.2, -0.15) is 0 Å². The lowest BCUT2D eigenvalue weighted by atomic mass is 10.0. The second-order valence-electron chi connectivity index (χ2n) is 6.06. The van der Waals surface area contributed by atoms with Crippen molar-refractivity contribution in [2.24, 2.45) is 11.7 Å². The van der Waals surface area contributed by atoms with E-state index in [4.69, 9.17) is 15.2 Å². The van der Waals surface area contributed by atoms with Crippen molar-refractivity contribution in [1.82, 2.24) is 5.32 Å². The Hall–Kier alpha value is -2.28. The summed E-state index contributed by atoms with van der Waals surface area (Å²) in [6.45, 7) is 4.05. The molecule has 3 atom stereocenters. The number of nitrogens with two attached hydrogens (primary N) is 1. The Morgan fingerprint density at radius 3 is 2.33 bits per heavy atom. The molecule has 7 heteroatoms. The molecular weight excluding hydrogens is 310 g/mol. The van der Waals surface area contributed by atoms with E-state index in [2.05, 4.69) is 5.32 Å². The molecule has 3 unspecified atom stereocenters. The zero-order valence-electron chi connectivity index (χ0n) is 14.5. The molecule has 1 aromatic carbocycles. The standard InChI is InChI=1S/C17H25N3O4/c1-10(11(2)18)16(21)19-15-5-6-20(17(15)22)12-7-13(23-3)9-14(8-12)24-4/h7-11,15H,5-6,18H2,1-4H3,(H,19,21). The summed E-state index contributed by atoms with van der Waals surface area (Å²) in [6, 6.07) is 4.49. The van der Waals surface area contributed by atoms with E-state index in [1.54, 1.807) is 51.2 Å². The molecule has 1 heterocycles. The number of methoxy groups -OCH3 is 2. The second kappa shape index (κ2) is 7.53. The fraction of sp³-hybridized carbons (Fsp3) is 0.529. The summed E-state index contributed by atoms with van der Waals surface area (Å²) in [4.78, 5) is 26.4. The number of amides is 2. The van der Waals surface area contributed by atoms with E-state index < -0.39 is 6.04 Å². The molecule has 1 aliphatic rings. The lowest BCUT2D eigenvalue weighted by Gasteiger charge is -2.20. The van der Waals surface area contributed by atoms with Crippen LogP contribution in [-0.4, -0.2) is 44.7 Å². The van der Waals surface area contributed by atoms with Gasteiger partial charge < -0.3 is 25.4 Å². The van der Waals surface area contributed by atoms with Crippen LogP contribution in [0.3, 0.4) is 0 Å². The summed E-state index contributed by atoms with van der Waals surface area (Å²) in [5.74, 6) is 0.526. The minimum Gasteiger partial charge on any atom is -0.497 e. The molecular formula is C17H25N3O4. The normalized spacial score (nSPS) is 19.8. The molecule has 24 heavy (non-hydrogen) atoms. The van der Waals surface area contributed by atoms with Gasteiger partial charge in [-0.05, 0) is 13.3 Å². The highest BCUT2D eigenvalue weighted by Gasteiger charge is 2.35. The minimum atomic E-state index is -0.532. The maximum Gasteiger partial charge on any atom is 0.249 e. The lowest BCUT2D eigenvalue weighted by Crippen LogP contribution is -2.46. The quantitative estimate of drug-likeness (QED) is 0.806. The Bertz CT molecular complexity index is 596. The van der Waals surface area contributed by atoms with Crippen LogP contribution in [0.15, 0.2) is 18.2 Å². The number of nitrogens with zero attached hydrogens (tertiary/aromatic N) is 1. The zero-order chi connectivity index (χ0) is 17.9. The maximum absolute atomic E-state index is 12.6. The van der Waals surface area contributed by atoms with E-state index in [1.165, 1.54) is 0 Å². The molecule has 1 aliphatic heterocycles. The molecule has 7 nitrogen and oxygen atoms in total. The Morgan fingerprint density at radius 1 is 1.25 bits per heavy atom. The number of anilines is 1. The van der Waals surface area contributed by atoms with Crippen molar-refractivity contribution in [2.75, 3.05) is 25.7 Å². The van der Waals surface area contributed by atoms with Crippen LogP contribution < -0.4 is 25.4 Å². The van der Waals surface area contributed by atoms with Gasteiger partial charge in [-0.15, -0.1) is 0 Å². The summed E-state index contributed by atoms with van der Waals surface area (Å²) in [5, 5.41) is 2.79. The third-order valence-corrected chi connectivity index (χ3v) is 4.37. The molecule has 132 valence electrons. The third kappa shape index (κ3) is 3.79. The monoisotopic (exact) mass is 335 g/mol. The summed E-state index contributed by atoms with van der Waals surface area (Å²) in [5.41, 5.74) is 6.43. The van der Waals surface area contributed by atoms with Crippen molar-refractivity contribution in [3.05, 3.63) is 18.2 Å². The van der Waals surface area contributed by atoms with Gasteiger partial charge in [-0.1, -0.05) is 6.92 Å². The van der Waals surface area contributed by atoms with Gasteiger partial charge in [0.05, 0.1) is 19.9 Å². The third-order valence-electron chi connectivity index (χ3n) is 4.37. The first-order valence-corrected chi connectivity index (χ1v) is 7.97. The maximum atomic E-state index is 12.6. The van der Waals surface area contributed by atoms with Crippen molar-refractivity contribution >= 4 is 17.5 Å². The van der Waals surface area contributed by atoms with Crippen LogP contribution in [0.1, 0.15) is 20.3 Å². The molecule has 2 amide bonds. The van der Waals surface area contributed by atoms with Gasteiger partial charge in [0.2, 0.25) is 11.8 Å². The number of hydrogen-bond acceptors (Lipinski definition) is 5. The van der Waals surface area contributed by atoms with E-state index in [-0.39, 0.29) is 23.8 Å². The number of rotatable bonds is 6. The van der Waals surface area contributed by atoms with E-state index in [9.17, 15) is 9.59 Å². The van der Waals surface area contributed by atoms with E-state index in [1.807, 2.05) is 0 Å². The van der Waals surface area contributed by atoms with Crippen LogP contribution in [0.2, 0.25) is 0 Å². The van der Waals surface area contributed by atoms with Gasteiger partial charge in [0.1, 0.15) is 17.5 Å². The van der Waals surface area contributed by atoms with Crippen LogP contribution in [0.5, 0.6) is 11.5 Å². The summed E-state index contributed by atoms with van der Waals surface area (Å²) < 4.78 is 10.5. The number of nitrogens with one attached hydrogen (secondary N) is 1. The van der Waals surface area contributed by atoms with Crippen molar-refractivity contribution in [2.45, 2.75) is 32.4 Å². The Kier molecular flexibility index (Phi) is 5.66. The molecule has 3 N–H and O–H groups in total. The van der Waals surface area contributed by atoms with Gasteiger partial charge in [-0.3, -0.25) is 9.59 Å². The Balaban J connectivity index is 2.13. The topological polar surface area (TPSA) is 93.9 Å². The Labute approximate surface area is 142 Å². The highest BCUT2D eigenvalue weighted by Crippen LogP contribution is 2.31. The highest BCUT2D eigenvalue weighted by molar-refractivity contribution is 6.01. The first kappa shape index (κ1) is 18.1. The summed E-state index contributed by atoms with van der Waals surface area (Å²) in [7, 11) is 3.12. The van der Waals surface area contributed by atoms with Gasteiger partial charge in [-0.25, -0.2) is 0 Å². The number of ether oxygens (including phenoxy) is 2. The predicted molar refractivity (Wildman–Crippen MR) is 91.3 cm³/mol. The molecule has 2 rings (SSSR count). The lowest BCUT2D eigenvalue weighted by molar-refractivity contribution is -0.129. The zero-order valence-corrected chi connectivity index (χ0v) is 14.5. The number of benzene rings is 1. The predicted octanol–water partition coefficient (Wildman–Crippen LogP) is 0.909. The van der Waals surface area contributed by atoms with Gasteiger partial charge in [0, 0.05) is 36.7 Å². The van der Waals surface area contributed by atoms with Gasteiger partial charge >= 0.3 is 0 Å². The summed E-state index contributed by atoms with van der Waals surface area (Å²) >= 11 is 0. The molecule has 0 radical (unpaired) electrons. The van der Waals surface area contributed by atoms with E-state index >= 15 is 0 Å². The SMILES string of the molecule is COc1cc(OC)cc(N2CCC(NC(=O)C(C)C(C)N)C2=O)c1. The number of carbonyl (C=O) groups excluding carboxylic acids is 2. The van der Waals surface area contributed by atoms with Crippen LogP contribution in [0, 0.1) is 5.92 Å². The largest absolute Gasteiger partial charge is 0.497 e. The molecule has 0 saturated carbocycles. The van der Waals surface area contributed by atoms with Gasteiger partial charge in [0.15, 0.2) is 0 Å². The van der Waals surface area contributed by atoms with Crippen LogP contribution in [0.4, 0.5) is 5.69 Å². The molecule has 1 fully saturated rings. The van der Waals surface area contributed by atoms with Crippen molar-refractivity contribution in [3.8, 4) is 11.5 Å². The fourth-order valence-corrected chi connectivity index (χ4v) is 2.56. The summed E-state index contributed by atoms with van der Waals surface area (Å²) in [6.07, 6.45) is 0.551. The number of carbonyl (C=O) groups is 2. The Morgan fingerprint density at radius 2 is 1.83 bits per heavy atom. The van der Waals surface area contributed by atoms with Crippen molar-refractivity contribution < 1.29 is 19.1 Å². The average Bonchev–Trinajstić information content (AvgIpc) is 2.94. The molecule has 0 aliphatic carbocycles. The van der Waals surface area contributed by atoms with Crippen molar-refractivity contribution in [1.29, 1.82) is 0 Å². The van der Waals surface area contributed by atoms with Crippen molar-refractivity contribution in [3.63, 3.8) is 0 Å². The first-order valence-electron chi connectivity index (χ1n) is 7.97. The first-order chi connectivity index (χ1) is 11.4. The molecule has 0 aromatic heterocycles. The minimum absolute atomic E-state index is 0.143. The van der Waals surface area contributed by atoms with E-state index in [0.29, 0.717) is 30.2 Å². The smallest absolute Gasteiger partial charge is 0.249 e. The fourth-order valence-electron chi connectivity index (χ4n) is 2.56. The highest BCUT2D eigenvalue weighted by atomic mass is 16.5. The average molecular weight is 335 g/mol. The second-order valence-corrected chi connectivity index (χ2v) is 6.06. The van der Waals surface area contributed by atoms with Gasteiger partial charge in [0.25, 0.3) is 0 Å². The molecule has 0 bridgehead atoms. The number of hydrogen-bond donors (Lipinski definition) is 2. The van der Waals surface area contributed by atoms with E-state index in [0.717, 1.165) is 0 Å². The molecule has 1 aromatic rings. The molecule has 1 saturated heterocycles. The van der Waals surface area contributed by atoms with Crippen LogP contribution in [0.25, 0.3) is 0 Å². The molecule has 0 spiro atoms. The van der Waals surface area contributed by atoms with Crippen LogP contribution in [-0.2, 0) is 9.59 Å². The van der Waals surface area contributed by atoms with Crippen LogP contribution >= 0.6 is 0 Å².